The average molecular weight is 532 g/mol. The molecule has 1 amide bonds. The molecule has 160 valence electrons. The summed E-state index contributed by atoms with van der Waals surface area (Å²) < 4.78 is 43.6. The fourth-order valence-corrected chi connectivity index (χ4v) is 4.23. The molecule has 0 bridgehead atoms. The van der Waals surface area contributed by atoms with Crippen LogP contribution in [0.2, 0.25) is 0 Å². The summed E-state index contributed by atoms with van der Waals surface area (Å²) in [6.45, 7) is 1.84. The zero-order valence-corrected chi connectivity index (χ0v) is 18.0. The summed E-state index contributed by atoms with van der Waals surface area (Å²) in [5, 5.41) is 19.5. The van der Waals surface area contributed by atoms with Gasteiger partial charge in [-0.1, -0.05) is 0 Å². The average Bonchev–Trinajstić information content (AvgIpc) is 2.71. The van der Waals surface area contributed by atoms with Gasteiger partial charge in [0.25, 0.3) is 5.91 Å². The Hall–Kier alpha value is -1.89. The van der Waals surface area contributed by atoms with Crippen LogP contribution >= 0.6 is 22.6 Å². The molecule has 10 heteroatoms. The number of carbonyl (C=O) groups is 1. The van der Waals surface area contributed by atoms with Crippen molar-refractivity contribution in [3.05, 3.63) is 56.9 Å². The molecule has 1 unspecified atom stereocenters. The number of nitrogens with one attached hydrogen (secondary N) is 3. The van der Waals surface area contributed by atoms with Crippen LogP contribution in [0, 0.1) is 21.0 Å². The van der Waals surface area contributed by atoms with Crippen molar-refractivity contribution >= 4 is 39.9 Å². The van der Waals surface area contributed by atoms with Crippen LogP contribution in [-0.4, -0.2) is 60.3 Å². The van der Waals surface area contributed by atoms with Crippen LogP contribution in [-0.2, 0) is 0 Å². The van der Waals surface area contributed by atoms with E-state index < -0.39 is 40.7 Å². The number of carbonyl (C=O) groups excluding carboxylic acids is 1. The Morgan fingerprint density at radius 2 is 1.93 bits per heavy atom. The Bertz CT molecular complexity index is 987. The molecule has 4 rings (SSSR count). The lowest BCUT2D eigenvalue weighted by molar-refractivity contribution is -0.0797. The summed E-state index contributed by atoms with van der Waals surface area (Å²) in [4.78, 5) is 14.8. The van der Waals surface area contributed by atoms with Crippen molar-refractivity contribution < 1.29 is 23.1 Å². The minimum absolute atomic E-state index is 0.0763. The number of anilines is 2. The van der Waals surface area contributed by atoms with Gasteiger partial charge in [0.2, 0.25) is 0 Å². The molecule has 2 heterocycles. The normalized spacial score (nSPS) is 20.6. The second kappa shape index (κ2) is 8.33. The monoisotopic (exact) mass is 532 g/mol. The quantitative estimate of drug-likeness (QED) is 0.455. The van der Waals surface area contributed by atoms with Crippen molar-refractivity contribution in [3.63, 3.8) is 0 Å². The zero-order valence-electron chi connectivity index (χ0n) is 15.8. The van der Waals surface area contributed by atoms with E-state index in [0.717, 1.165) is 6.07 Å². The molecule has 2 aromatic rings. The van der Waals surface area contributed by atoms with Gasteiger partial charge in [-0.2, -0.15) is 0 Å². The highest BCUT2D eigenvalue weighted by atomic mass is 127. The first kappa shape index (κ1) is 21.3. The van der Waals surface area contributed by atoms with E-state index in [4.69, 9.17) is 0 Å². The van der Waals surface area contributed by atoms with Crippen LogP contribution in [0.25, 0.3) is 0 Å². The third kappa shape index (κ3) is 3.88. The maximum absolute atomic E-state index is 14.7. The lowest BCUT2D eigenvalue weighted by atomic mass is 9.85. The smallest absolute Gasteiger partial charge is 0.256 e. The third-order valence-corrected chi connectivity index (χ3v) is 6.17. The van der Waals surface area contributed by atoms with Gasteiger partial charge in [-0.3, -0.25) is 4.79 Å². The van der Waals surface area contributed by atoms with Crippen LogP contribution in [0.5, 0.6) is 0 Å². The lowest BCUT2D eigenvalue weighted by Gasteiger charge is -2.50. The molecule has 0 aliphatic carbocycles. The van der Waals surface area contributed by atoms with Crippen molar-refractivity contribution in [1.82, 2.24) is 15.5 Å². The number of rotatable bonds is 4. The summed E-state index contributed by atoms with van der Waals surface area (Å²) in [6, 6.07) is 5.76. The van der Waals surface area contributed by atoms with Crippen LogP contribution in [0.1, 0.15) is 10.4 Å². The molecule has 6 nitrogen and oxygen atoms in total. The number of hydrogen-bond donors (Lipinski definition) is 4. The van der Waals surface area contributed by atoms with Crippen LogP contribution < -0.4 is 16.0 Å². The van der Waals surface area contributed by atoms with Gasteiger partial charge in [-0.05, 0) is 52.9 Å². The number of amides is 1. The number of β-amino-alcohol motifs (C(OH)–C–C–N with tert-alkyl or cyclic N) is 1. The van der Waals surface area contributed by atoms with Gasteiger partial charge in [0.15, 0.2) is 11.6 Å². The van der Waals surface area contributed by atoms with Gasteiger partial charge in [-0.15, -0.1) is 0 Å². The van der Waals surface area contributed by atoms with E-state index >= 15 is 0 Å². The van der Waals surface area contributed by atoms with Gasteiger partial charge in [0, 0.05) is 36.3 Å². The molecule has 2 aliphatic heterocycles. The van der Waals surface area contributed by atoms with E-state index in [1.54, 1.807) is 6.07 Å². The minimum Gasteiger partial charge on any atom is -0.385 e. The zero-order chi connectivity index (χ0) is 21.5. The molecule has 2 aromatic carbocycles. The van der Waals surface area contributed by atoms with Crippen molar-refractivity contribution in [2.45, 2.75) is 11.6 Å². The van der Waals surface area contributed by atoms with Crippen LogP contribution in [0.3, 0.4) is 0 Å². The lowest BCUT2D eigenvalue weighted by Crippen LogP contribution is -2.74. The highest BCUT2D eigenvalue weighted by molar-refractivity contribution is 14.1. The van der Waals surface area contributed by atoms with E-state index in [0.29, 0.717) is 36.3 Å². The molecule has 0 radical (unpaired) electrons. The maximum Gasteiger partial charge on any atom is 0.256 e. The van der Waals surface area contributed by atoms with Crippen molar-refractivity contribution in [1.29, 1.82) is 0 Å². The molecule has 0 saturated carbocycles. The molecule has 4 N–H and O–H groups in total. The van der Waals surface area contributed by atoms with Crippen molar-refractivity contribution in [2.24, 2.45) is 0 Å². The highest BCUT2D eigenvalue weighted by Gasteiger charge is 2.47. The molecular formula is C20H20F3IN4O2. The second-order valence-corrected chi connectivity index (χ2v) is 8.70. The largest absolute Gasteiger partial charge is 0.385 e. The summed E-state index contributed by atoms with van der Waals surface area (Å²) in [6.07, 6.45) is 0. The Morgan fingerprint density at radius 1 is 1.17 bits per heavy atom. The second-order valence-electron chi connectivity index (χ2n) is 7.46. The van der Waals surface area contributed by atoms with E-state index in [9.17, 15) is 23.1 Å². The van der Waals surface area contributed by atoms with Crippen molar-refractivity contribution in [3.8, 4) is 0 Å². The summed E-state index contributed by atoms with van der Waals surface area (Å²) in [5.74, 6) is -3.64. The van der Waals surface area contributed by atoms with Crippen molar-refractivity contribution in [2.75, 3.05) is 38.0 Å². The van der Waals surface area contributed by atoms with Gasteiger partial charge in [0.1, 0.15) is 11.4 Å². The third-order valence-electron chi connectivity index (χ3n) is 5.50. The number of benzene rings is 2. The maximum atomic E-state index is 14.7. The summed E-state index contributed by atoms with van der Waals surface area (Å²) >= 11 is 1.93. The SMILES string of the molecule is O=C(c1ccc(F)c(F)c1Nc1ccc(I)cc1F)N1CCNCC1C1(O)CNC1. The number of nitrogens with zero attached hydrogens (tertiary/aromatic N) is 1. The molecule has 2 aliphatic rings. The van der Waals surface area contributed by atoms with Gasteiger partial charge in [0.05, 0.1) is 23.0 Å². The number of hydrogen-bond acceptors (Lipinski definition) is 5. The number of aliphatic hydroxyl groups is 1. The standard InChI is InChI=1S/C20H20F3IN4O2/c21-13-3-2-12(18(17(13)23)27-15-4-1-11(24)7-14(15)22)19(29)28-6-5-25-8-16(28)20(30)9-26-10-20/h1-4,7,16,25-27,30H,5-6,8-10H2. The molecule has 1 atom stereocenters. The summed E-state index contributed by atoms with van der Waals surface area (Å²) in [7, 11) is 0. The molecular weight excluding hydrogens is 512 g/mol. The Morgan fingerprint density at radius 3 is 2.60 bits per heavy atom. The molecule has 30 heavy (non-hydrogen) atoms. The highest BCUT2D eigenvalue weighted by Crippen LogP contribution is 2.31. The number of halogens is 4. The fourth-order valence-electron chi connectivity index (χ4n) is 3.78. The first-order chi connectivity index (χ1) is 14.3. The van der Waals surface area contributed by atoms with Crippen LogP contribution in [0.15, 0.2) is 30.3 Å². The van der Waals surface area contributed by atoms with E-state index in [1.807, 2.05) is 22.6 Å². The van der Waals surface area contributed by atoms with Crippen LogP contribution in [0.4, 0.5) is 24.5 Å². The first-order valence-electron chi connectivity index (χ1n) is 9.45. The molecule has 0 aromatic heterocycles. The predicted molar refractivity (Wildman–Crippen MR) is 114 cm³/mol. The predicted octanol–water partition coefficient (Wildman–Crippen LogP) is 2.20. The minimum atomic E-state index is -1.27. The Balaban J connectivity index is 1.71. The topological polar surface area (TPSA) is 76.6 Å². The van der Waals surface area contributed by atoms with E-state index in [1.165, 1.54) is 23.1 Å². The fraction of sp³-hybridized carbons (Fsp3) is 0.350. The van der Waals surface area contributed by atoms with Gasteiger partial charge >= 0.3 is 0 Å². The molecule has 2 saturated heterocycles. The van der Waals surface area contributed by atoms with E-state index in [2.05, 4.69) is 16.0 Å². The first-order valence-corrected chi connectivity index (χ1v) is 10.5. The van der Waals surface area contributed by atoms with E-state index in [-0.39, 0.29) is 11.3 Å². The Labute approximate surface area is 185 Å². The van der Waals surface area contributed by atoms with Gasteiger partial charge < -0.3 is 26.0 Å². The van der Waals surface area contributed by atoms with Gasteiger partial charge in [-0.25, -0.2) is 13.2 Å². The Kier molecular flexibility index (Phi) is 5.93. The molecule has 0 spiro atoms. The summed E-state index contributed by atoms with van der Waals surface area (Å²) in [5.41, 5.74) is -1.74. The number of piperazine rings is 1. The molecule has 2 fully saturated rings.